The molecule has 1 aliphatic rings. The molecule has 2 amide bonds. The Balaban J connectivity index is 0.00000312. The van der Waals surface area contributed by atoms with Gasteiger partial charge in [0.2, 0.25) is 11.8 Å². The molecule has 0 saturated carbocycles. The van der Waals surface area contributed by atoms with Gasteiger partial charge in [0.25, 0.3) is 0 Å². The van der Waals surface area contributed by atoms with E-state index in [0.29, 0.717) is 18.9 Å². The number of amides is 2. The monoisotopic (exact) mass is 369 g/mol. The highest BCUT2D eigenvalue weighted by Crippen LogP contribution is 2.28. The molecule has 1 aromatic rings. The lowest BCUT2D eigenvalue weighted by atomic mass is 10.00. The molecule has 0 radical (unpaired) electrons. The maximum atomic E-state index is 12.7. The van der Waals surface area contributed by atoms with Gasteiger partial charge in [0.1, 0.15) is 5.75 Å². The fraction of sp³-hybridized carbons (Fsp3) is 0.556. The minimum Gasteiger partial charge on any atom is -0.494 e. The highest BCUT2D eigenvalue weighted by Gasteiger charge is 2.26. The van der Waals surface area contributed by atoms with Crippen molar-refractivity contribution in [3.05, 3.63) is 29.8 Å². The van der Waals surface area contributed by atoms with Crippen molar-refractivity contribution in [2.24, 2.45) is 5.73 Å². The number of nitrogens with zero attached hydrogens (tertiary/aromatic N) is 1. The van der Waals surface area contributed by atoms with Crippen LogP contribution in [-0.2, 0) is 9.59 Å². The topological polar surface area (TPSA) is 84.7 Å². The summed E-state index contributed by atoms with van der Waals surface area (Å²) in [5, 5.41) is 2.88. The Morgan fingerprint density at radius 3 is 2.76 bits per heavy atom. The van der Waals surface area contributed by atoms with Crippen molar-refractivity contribution in [1.29, 1.82) is 0 Å². The molecule has 2 unspecified atom stereocenters. The molecule has 0 bridgehead atoms. The zero-order valence-electron chi connectivity index (χ0n) is 14.9. The van der Waals surface area contributed by atoms with Crippen LogP contribution in [0, 0.1) is 0 Å². The van der Waals surface area contributed by atoms with E-state index in [1.54, 1.807) is 4.90 Å². The number of hydrogen-bond donors (Lipinski definition) is 2. The summed E-state index contributed by atoms with van der Waals surface area (Å²) in [5.41, 5.74) is 6.79. The van der Waals surface area contributed by atoms with Crippen molar-refractivity contribution in [2.45, 2.75) is 45.2 Å². The van der Waals surface area contributed by atoms with E-state index in [-0.39, 0.29) is 36.7 Å². The molecule has 1 aliphatic heterocycles. The number of carbonyl (C=O) groups excluding carboxylic acids is 2. The Bertz CT molecular complexity index is 582. The number of para-hydroxylation sites is 1. The number of benzene rings is 1. The van der Waals surface area contributed by atoms with Crippen molar-refractivity contribution in [1.82, 2.24) is 10.2 Å². The van der Waals surface area contributed by atoms with Crippen LogP contribution in [0.3, 0.4) is 0 Å². The van der Waals surface area contributed by atoms with E-state index in [4.69, 9.17) is 10.5 Å². The third kappa shape index (κ3) is 6.21. The minimum absolute atomic E-state index is 0. The lowest BCUT2D eigenvalue weighted by Crippen LogP contribution is -2.46. The third-order valence-corrected chi connectivity index (χ3v) is 4.16. The van der Waals surface area contributed by atoms with Gasteiger partial charge in [-0.05, 0) is 25.8 Å². The first-order valence-electron chi connectivity index (χ1n) is 8.53. The fourth-order valence-electron chi connectivity index (χ4n) is 3.08. The van der Waals surface area contributed by atoms with E-state index < -0.39 is 6.04 Å². The van der Waals surface area contributed by atoms with Gasteiger partial charge in [-0.2, -0.15) is 0 Å². The molecule has 0 aliphatic carbocycles. The Hall–Kier alpha value is -1.79. The number of carbonyl (C=O) groups is 2. The quantitative estimate of drug-likeness (QED) is 0.803. The van der Waals surface area contributed by atoms with Crippen molar-refractivity contribution in [3.8, 4) is 5.75 Å². The molecule has 0 spiro atoms. The Morgan fingerprint density at radius 2 is 2.12 bits per heavy atom. The first kappa shape index (κ1) is 21.3. The maximum absolute atomic E-state index is 12.7. The van der Waals surface area contributed by atoms with Crippen LogP contribution in [0.4, 0.5) is 0 Å². The molecule has 1 fully saturated rings. The van der Waals surface area contributed by atoms with Crippen LogP contribution in [-0.4, -0.2) is 42.5 Å². The lowest BCUT2D eigenvalue weighted by molar-refractivity contribution is -0.133. The largest absolute Gasteiger partial charge is 0.494 e. The van der Waals surface area contributed by atoms with Crippen LogP contribution in [0.1, 0.15) is 44.7 Å². The van der Waals surface area contributed by atoms with E-state index in [1.165, 1.54) is 6.92 Å². The summed E-state index contributed by atoms with van der Waals surface area (Å²) in [4.78, 5) is 26.1. The van der Waals surface area contributed by atoms with Gasteiger partial charge in [-0.1, -0.05) is 18.2 Å². The fourth-order valence-corrected chi connectivity index (χ4v) is 3.08. The Labute approximate surface area is 155 Å². The zero-order chi connectivity index (χ0) is 17.5. The van der Waals surface area contributed by atoms with Crippen LogP contribution >= 0.6 is 12.4 Å². The molecule has 6 nitrogen and oxygen atoms in total. The average Bonchev–Trinajstić information content (AvgIpc) is 2.54. The van der Waals surface area contributed by atoms with Gasteiger partial charge in [-0.15, -0.1) is 12.4 Å². The van der Waals surface area contributed by atoms with Crippen LogP contribution < -0.4 is 15.8 Å². The molecular formula is C18H28ClN3O3. The molecule has 1 saturated heterocycles. The summed E-state index contributed by atoms with van der Waals surface area (Å²) in [6, 6.07) is 7.14. The Morgan fingerprint density at radius 1 is 1.40 bits per heavy atom. The standard InChI is InChI=1S/C18H27N3O3.ClH/c1-3-24-17-9-5-4-8-15(17)16(20-13(2)22)11-18(23)21-10-6-7-14(19)12-21;/h4-5,8-9,14,16H,3,6-7,10-12,19H2,1-2H3,(H,20,22);1H. The average molecular weight is 370 g/mol. The third-order valence-electron chi connectivity index (χ3n) is 4.16. The minimum atomic E-state index is -0.407. The predicted octanol–water partition coefficient (Wildman–Crippen LogP) is 2.02. The van der Waals surface area contributed by atoms with E-state index in [1.807, 2.05) is 31.2 Å². The van der Waals surface area contributed by atoms with Crippen molar-refractivity contribution in [2.75, 3.05) is 19.7 Å². The lowest BCUT2D eigenvalue weighted by Gasteiger charge is -2.32. The molecule has 1 heterocycles. The first-order chi connectivity index (χ1) is 11.5. The van der Waals surface area contributed by atoms with E-state index >= 15 is 0 Å². The highest BCUT2D eigenvalue weighted by atomic mass is 35.5. The van der Waals surface area contributed by atoms with Crippen molar-refractivity contribution >= 4 is 24.2 Å². The predicted molar refractivity (Wildman–Crippen MR) is 99.8 cm³/mol. The van der Waals surface area contributed by atoms with Gasteiger partial charge >= 0.3 is 0 Å². The normalized spacial score (nSPS) is 18.0. The summed E-state index contributed by atoms with van der Waals surface area (Å²) in [5.74, 6) is 0.534. The number of halogens is 1. The molecule has 25 heavy (non-hydrogen) atoms. The smallest absolute Gasteiger partial charge is 0.225 e. The summed E-state index contributed by atoms with van der Waals surface area (Å²) >= 11 is 0. The molecule has 2 rings (SSSR count). The molecule has 3 N–H and O–H groups in total. The van der Waals surface area contributed by atoms with Gasteiger partial charge in [0.05, 0.1) is 19.1 Å². The van der Waals surface area contributed by atoms with E-state index in [2.05, 4.69) is 5.32 Å². The number of nitrogens with one attached hydrogen (secondary N) is 1. The van der Waals surface area contributed by atoms with Crippen molar-refractivity contribution < 1.29 is 14.3 Å². The number of ether oxygens (including phenoxy) is 1. The summed E-state index contributed by atoms with van der Waals surface area (Å²) < 4.78 is 5.65. The number of hydrogen-bond acceptors (Lipinski definition) is 4. The second-order valence-corrected chi connectivity index (χ2v) is 6.17. The maximum Gasteiger partial charge on any atom is 0.225 e. The van der Waals surface area contributed by atoms with E-state index in [9.17, 15) is 9.59 Å². The molecule has 140 valence electrons. The van der Waals surface area contributed by atoms with Crippen molar-refractivity contribution in [3.63, 3.8) is 0 Å². The number of rotatable bonds is 6. The summed E-state index contributed by atoms with van der Waals surface area (Å²) in [6.07, 6.45) is 2.08. The van der Waals surface area contributed by atoms with Gasteiger partial charge in [0.15, 0.2) is 0 Å². The second kappa shape index (κ2) is 10.3. The second-order valence-electron chi connectivity index (χ2n) is 6.17. The SMILES string of the molecule is CCOc1ccccc1C(CC(=O)N1CCCC(N)C1)NC(C)=O.Cl. The van der Waals surface area contributed by atoms with Crippen LogP contribution in [0.15, 0.2) is 24.3 Å². The number of likely N-dealkylation sites (tertiary alicyclic amines) is 1. The van der Waals surface area contributed by atoms with Gasteiger partial charge < -0.3 is 20.7 Å². The zero-order valence-corrected chi connectivity index (χ0v) is 15.7. The first-order valence-corrected chi connectivity index (χ1v) is 8.53. The molecule has 7 heteroatoms. The van der Waals surface area contributed by atoms with Gasteiger partial charge in [-0.3, -0.25) is 9.59 Å². The molecule has 2 atom stereocenters. The van der Waals surface area contributed by atoms with Gasteiger partial charge in [0, 0.05) is 31.6 Å². The highest BCUT2D eigenvalue weighted by molar-refractivity contribution is 5.85. The summed E-state index contributed by atoms with van der Waals surface area (Å²) in [6.45, 7) is 5.20. The number of nitrogens with two attached hydrogens (primary N) is 1. The van der Waals surface area contributed by atoms with Crippen LogP contribution in [0.5, 0.6) is 5.75 Å². The van der Waals surface area contributed by atoms with Gasteiger partial charge in [-0.25, -0.2) is 0 Å². The number of piperidine rings is 1. The molecule has 0 aromatic heterocycles. The molecule has 1 aromatic carbocycles. The van der Waals surface area contributed by atoms with Crippen LogP contribution in [0.2, 0.25) is 0 Å². The molecular weight excluding hydrogens is 342 g/mol. The Kier molecular flexibility index (Phi) is 8.72. The van der Waals surface area contributed by atoms with E-state index in [0.717, 1.165) is 24.9 Å². The van der Waals surface area contributed by atoms with Crippen LogP contribution in [0.25, 0.3) is 0 Å². The summed E-state index contributed by atoms with van der Waals surface area (Å²) in [7, 11) is 0.